The van der Waals surface area contributed by atoms with Gasteiger partial charge >= 0.3 is 0 Å². The largest absolute Gasteiger partial charge is 0.349 e. The van der Waals surface area contributed by atoms with E-state index in [0.29, 0.717) is 5.56 Å². The number of nitrogens with one attached hydrogen (secondary N) is 1. The third-order valence-corrected chi connectivity index (χ3v) is 7.62. The number of fused-ring (bicyclic) bond motifs is 1. The molecule has 7 nitrogen and oxygen atoms in total. The van der Waals surface area contributed by atoms with E-state index in [1.807, 2.05) is 29.1 Å². The highest BCUT2D eigenvalue weighted by atomic mass is 32.1. The Bertz CT molecular complexity index is 1330. The fourth-order valence-electron chi connectivity index (χ4n) is 4.83. The van der Waals surface area contributed by atoms with Crippen LogP contribution in [0.3, 0.4) is 0 Å². The Balaban J connectivity index is 1.37. The van der Waals surface area contributed by atoms with E-state index in [0.717, 1.165) is 60.5 Å². The molecule has 4 aromatic heterocycles. The van der Waals surface area contributed by atoms with Gasteiger partial charge < -0.3 is 5.32 Å². The molecule has 0 radical (unpaired) electrons. The maximum atomic E-state index is 13.6. The summed E-state index contributed by atoms with van der Waals surface area (Å²) in [6.07, 6.45) is 5.47. The lowest BCUT2D eigenvalue weighted by molar-refractivity contribution is 0.0910. The molecule has 5 heterocycles. The number of aryl methyl sites for hydroxylation is 2. The number of piperidine rings is 1. The van der Waals surface area contributed by atoms with Gasteiger partial charge in [-0.2, -0.15) is 5.10 Å². The van der Waals surface area contributed by atoms with Gasteiger partial charge in [0.2, 0.25) is 0 Å². The summed E-state index contributed by atoms with van der Waals surface area (Å²) in [6, 6.07) is 10.4. The summed E-state index contributed by atoms with van der Waals surface area (Å²) in [4.78, 5) is 27.8. The van der Waals surface area contributed by atoms with Gasteiger partial charge in [0.25, 0.3) is 5.91 Å². The molecule has 0 atom stereocenters. The van der Waals surface area contributed by atoms with E-state index in [1.165, 1.54) is 9.75 Å². The molecule has 0 bridgehead atoms. The van der Waals surface area contributed by atoms with Crippen LogP contribution < -0.4 is 5.32 Å². The molecule has 0 aromatic carbocycles. The topological polar surface area (TPSA) is 75.9 Å². The Morgan fingerprint density at radius 2 is 2.00 bits per heavy atom. The standard InChI is InChI=1S/C27H32N6OS/c1-17(2)33-26-24(15-29-33)23(14-25(31-26)22-13-18(3)35-19(22)4)27(34)30-20-8-11-32(12-9-20)16-21-7-5-6-10-28-21/h5-7,10,13-15,17,20H,8-9,11-12,16H2,1-4H3,(H,30,34). The summed E-state index contributed by atoms with van der Waals surface area (Å²) >= 11 is 1.75. The fourth-order valence-corrected chi connectivity index (χ4v) is 5.76. The van der Waals surface area contributed by atoms with Crippen molar-refractivity contribution in [1.82, 2.24) is 30.0 Å². The number of pyridine rings is 2. The minimum absolute atomic E-state index is 0.0465. The van der Waals surface area contributed by atoms with E-state index in [9.17, 15) is 4.79 Å². The third kappa shape index (κ3) is 4.99. The molecule has 0 spiro atoms. The third-order valence-electron chi connectivity index (χ3n) is 6.65. The molecule has 1 N–H and O–H groups in total. The summed E-state index contributed by atoms with van der Waals surface area (Å²) in [5, 5.41) is 8.67. The number of carbonyl (C=O) groups is 1. The lowest BCUT2D eigenvalue weighted by Crippen LogP contribution is -2.44. The highest BCUT2D eigenvalue weighted by Gasteiger charge is 2.24. The molecule has 8 heteroatoms. The molecule has 1 aliphatic rings. The van der Waals surface area contributed by atoms with Gasteiger partial charge in [0.1, 0.15) is 0 Å². The van der Waals surface area contributed by atoms with E-state index >= 15 is 0 Å². The minimum atomic E-state index is -0.0465. The second-order valence-corrected chi connectivity index (χ2v) is 11.1. The van der Waals surface area contributed by atoms with E-state index in [1.54, 1.807) is 17.5 Å². The summed E-state index contributed by atoms with van der Waals surface area (Å²) < 4.78 is 1.90. The first-order chi connectivity index (χ1) is 16.9. The number of likely N-dealkylation sites (tertiary alicyclic amines) is 1. The Morgan fingerprint density at radius 3 is 2.66 bits per heavy atom. The zero-order chi connectivity index (χ0) is 24.5. The van der Waals surface area contributed by atoms with Gasteiger partial charge in [0.05, 0.1) is 28.5 Å². The molecule has 0 saturated carbocycles. The number of hydrogen-bond acceptors (Lipinski definition) is 6. The summed E-state index contributed by atoms with van der Waals surface area (Å²) in [6.45, 7) is 11.1. The number of thiophene rings is 1. The summed E-state index contributed by atoms with van der Waals surface area (Å²) in [5.74, 6) is -0.0465. The molecule has 182 valence electrons. The van der Waals surface area contributed by atoms with E-state index < -0.39 is 0 Å². The molecule has 1 aliphatic heterocycles. The van der Waals surface area contributed by atoms with Crippen LogP contribution in [0.5, 0.6) is 0 Å². The highest BCUT2D eigenvalue weighted by molar-refractivity contribution is 7.12. The van der Waals surface area contributed by atoms with Gasteiger partial charge in [-0.15, -0.1) is 11.3 Å². The summed E-state index contributed by atoms with van der Waals surface area (Å²) in [7, 11) is 0. The van der Waals surface area contributed by atoms with Crippen LogP contribution in [0.2, 0.25) is 0 Å². The number of rotatable bonds is 6. The first-order valence-corrected chi connectivity index (χ1v) is 13.1. The molecule has 4 aromatic rings. The van der Waals surface area contributed by atoms with Gasteiger partial charge in [0, 0.05) is 53.2 Å². The van der Waals surface area contributed by atoms with Crippen molar-refractivity contribution in [2.75, 3.05) is 13.1 Å². The van der Waals surface area contributed by atoms with Crippen LogP contribution in [-0.4, -0.2) is 49.7 Å². The quantitative estimate of drug-likeness (QED) is 0.406. The maximum Gasteiger partial charge on any atom is 0.252 e. The molecule has 1 amide bonds. The Hall–Kier alpha value is -3.10. The lowest BCUT2D eigenvalue weighted by Gasteiger charge is -2.32. The van der Waals surface area contributed by atoms with Crippen molar-refractivity contribution in [3.05, 3.63) is 63.7 Å². The van der Waals surface area contributed by atoms with Crippen molar-refractivity contribution in [2.45, 2.75) is 59.2 Å². The predicted octanol–water partition coefficient (Wildman–Crippen LogP) is 5.15. The highest BCUT2D eigenvalue weighted by Crippen LogP contribution is 2.32. The minimum Gasteiger partial charge on any atom is -0.349 e. The number of carbonyl (C=O) groups excluding carboxylic acids is 1. The van der Waals surface area contributed by atoms with E-state index in [-0.39, 0.29) is 18.0 Å². The zero-order valence-electron chi connectivity index (χ0n) is 20.8. The van der Waals surface area contributed by atoms with Gasteiger partial charge in [0.15, 0.2) is 5.65 Å². The van der Waals surface area contributed by atoms with Crippen LogP contribution in [0, 0.1) is 13.8 Å². The average Bonchev–Trinajstić information content (AvgIpc) is 3.42. The molecular formula is C27H32N6OS. The van der Waals surface area contributed by atoms with Crippen molar-refractivity contribution in [3.63, 3.8) is 0 Å². The van der Waals surface area contributed by atoms with E-state index in [2.05, 4.69) is 60.1 Å². The molecule has 5 rings (SSSR count). The first kappa shape index (κ1) is 23.6. The predicted molar refractivity (Wildman–Crippen MR) is 141 cm³/mol. The van der Waals surface area contributed by atoms with Crippen molar-refractivity contribution in [1.29, 1.82) is 0 Å². The Labute approximate surface area is 210 Å². The number of hydrogen-bond donors (Lipinski definition) is 1. The first-order valence-electron chi connectivity index (χ1n) is 12.3. The van der Waals surface area contributed by atoms with Gasteiger partial charge in [-0.05, 0) is 64.8 Å². The van der Waals surface area contributed by atoms with Crippen LogP contribution in [-0.2, 0) is 6.54 Å². The van der Waals surface area contributed by atoms with Crippen LogP contribution in [0.15, 0.2) is 42.7 Å². The number of nitrogens with zero attached hydrogens (tertiary/aromatic N) is 5. The second kappa shape index (κ2) is 9.87. The zero-order valence-corrected chi connectivity index (χ0v) is 21.6. The SMILES string of the molecule is Cc1cc(-c2cc(C(=O)NC3CCN(Cc4ccccn4)CC3)c3cnn(C(C)C)c3n2)c(C)s1. The van der Waals surface area contributed by atoms with Gasteiger partial charge in [-0.3, -0.25) is 14.7 Å². The lowest BCUT2D eigenvalue weighted by atomic mass is 10.0. The molecule has 0 aliphatic carbocycles. The fraction of sp³-hybridized carbons (Fsp3) is 0.407. The van der Waals surface area contributed by atoms with Crippen LogP contribution in [0.4, 0.5) is 0 Å². The van der Waals surface area contributed by atoms with Crippen molar-refractivity contribution in [2.24, 2.45) is 0 Å². The maximum absolute atomic E-state index is 13.6. The molecule has 35 heavy (non-hydrogen) atoms. The van der Waals surface area contributed by atoms with Crippen LogP contribution >= 0.6 is 11.3 Å². The van der Waals surface area contributed by atoms with Crippen molar-refractivity contribution >= 4 is 28.3 Å². The Morgan fingerprint density at radius 1 is 1.20 bits per heavy atom. The molecular weight excluding hydrogens is 456 g/mol. The van der Waals surface area contributed by atoms with E-state index in [4.69, 9.17) is 4.98 Å². The smallest absolute Gasteiger partial charge is 0.252 e. The number of aromatic nitrogens is 4. The summed E-state index contributed by atoms with van der Waals surface area (Å²) in [5.41, 5.74) is 4.41. The molecule has 0 unspecified atom stereocenters. The molecule has 1 saturated heterocycles. The monoisotopic (exact) mass is 488 g/mol. The average molecular weight is 489 g/mol. The van der Waals surface area contributed by atoms with Crippen LogP contribution in [0.1, 0.15) is 58.5 Å². The van der Waals surface area contributed by atoms with Crippen molar-refractivity contribution in [3.8, 4) is 11.3 Å². The van der Waals surface area contributed by atoms with Gasteiger partial charge in [-0.1, -0.05) is 6.07 Å². The Kier molecular flexibility index (Phi) is 6.67. The van der Waals surface area contributed by atoms with Crippen LogP contribution in [0.25, 0.3) is 22.3 Å². The van der Waals surface area contributed by atoms with Gasteiger partial charge in [-0.25, -0.2) is 9.67 Å². The molecule has 1 fully saturated rings. The van der Waals surface area contributed by atoms with Crippen molar-refractivity contribution < 1.29 is 4.79 Å². The number of amides is 1. The normalized spacial score (nSPS) is 15.2. The second-order valence-electron chi connectivity index (χ2n) is 9.65.